The van der Waals surface area contributed by atoms with Gasteiger partial charge in [0.05, 0.1) is 0 Å². The molecule has 0 radical (unpaired) electrons. The highest BCUT2D eigenvalue weighted by molar-refractivity contribution is 6.31. The van der Waals surface area contributed by atoms with Crippen LogP contribution < -0.4 is 5.32 Å². The van der Waals surface area contributed by atoms with Crippen LogP contribution in [0, 0.1) is 0 Å². The molecule has 0 atom stereocenters. The Morgan fingerprint density at radius 3 is 2.69 bits per heavy atom. The third kappa shape index (κ3) is 2.02. The van der Waals surface area contributed by atoms with E-state index in [9.17, 15) is 0 Å². The second-order valence-corrected chi connectivity index (χ2v) is 3.92. The van der Waals surface area contributed by atoms with Gasteiger partial charge < -0.3 is 9.88 Å². The molecule has 16 heavy (non-hydrogen) atoms. The number of benzene rings is 1. The van der Waals surface area contributed by atoms with Crippen molar-refractivity contribution in [3.63, 3.8) is 0 Å². The Morgan fingerprint density at radius 2 is 2.06 bits per heavy atom. The number of nitrogens with one attached hydrogen (secondary N) is 1. The van der Waals surface area contributed by atoms with Crippen LogP contribution in [0.4, 0.5) is 5.95 Å². The van der Waals surface area contributed by atoms with Crippen LogP contribution in [0.3, 0.4) is 0 Å². The first-order valence-corrected chi connectivity index (χ1v) is 5.39. The summed E-state index contributed by atoms with van der Waals surface area (Å²) in [6.07, 6.45) is 0.685. The van der Waals surface area contributed by atoms with Crippen molar-refractivity contribution < 1.29 is 0 Å². The second kappa shape index (κ2) is 4.53. The summed E-state index contributed by atoms with van der Waals surface area (Å²) >= 11 is 6.09. The van der Waals surface area contributed by atoms with E-state index in [1.165, 1.54) is 0 Å². The van der Waals surface area contributed by atoms with Gasteiger partial charge >= 0.3 is 0 Å². The van der Waals surface area contributed by atoms with Gasteiger partial charge in [-0.2, -0.15) is 0 Å². The summed E-state index contributed by atoms with van der Waals surface area (Å²) in [4.78, 5) is 0. The molecule has 0 spiro atoms. The number of rotatable bonds is 3. The van der Waals surface area contributed by atoms with Crippen molar-refractivity contribution >= 4 is 17.5 Å². The van der Waals surface area contributed by atoms with Crippen LogP contribution in [0.25, 0.3) is 0 Å². The van der Waals surface area contributed by atoms with Gasteiger partial charge in [0.2, 0.25) is 5.95 Å². The van der Waals surface area contributed by atoms with Crippen molar-refractivity contribution in [1.82, 2.24) is 14.8 Å². The maximum absolute atomic E-state index is 6.09. The van der Waals surface area contributed by atoms with Gasteiger partial charge in [-0.3, -0.25) is 0 Å². The molecule has 0 aliphatic rings. The Hall–Kier alpha value is -1.55. The highest BCUT2D eigenvalue weighted by Crippen LogP contribution is 2.18. The lowest BCUT2D eigenvalue weighted by Gasteiger charge is -2.04. The lowest BCUT2D eigenvalue weighted by Crippen LogP contribution is -2.03. The van der Waals surface area contributed by atoms with Crippen molar-refractivity contribution in [2.75, 3.05) is 12.4 Å². The van der Waals surface area contributed by atoms with E-state index in [-0.39, 0.29) is 0 Å². The van der Waals surface area contributed by atoms with Crippen LogP contribution in [-0.4, -0.2) is 21.8 Å². The zero-order valence-electron chi connectivity index (χ0n) is 9.24. The minimum Gasteiger partial charge on any atom is -0.357 e. The predicted molar refractivity (Wildman–Crippen MR) is 64.8 cm³/mol. The van der Waals surface area contributed by atoms with E-state index in [0.717, 1.165) is 22.4 Å². The summed E-state index contributed by atoms with van der Waals surface area (Å²) in [6.45, 7) is 0. The Morgan fingerprint density at radius 1 is 1.31 bits per heavy atom. The van der Waals surface area contributed by atoms with Crippen LogP contribution in [-0.2, 0) is 13.5 Å². The first-order valence-electron chi connectivity index (χ1n) is 5.02. The largest absolute Gasteiger partial charge is 0.357 e. The number of nitrogens with zero attached hydrogens (tertiary/aromatic N) is 3. The van der Waals surface area contributed by atoms with E-state index < -0.39 is 0 Å². The molecule has 1 N–H and O–H groups in total. The van der Waals surface area contributed by atoms with Crippen molar-refractivity contribution in [1.29, 1.82) is 0 Å². The highest BCUT2D eigenvalue weighted by Gasteiger charge is 2.09. The van der Waals surface area contributed by atoms with E-state index in [4.69, 9.17) is 11.6 Å². The molecule has 1 aromatic heterocycles. The SMILES string of the molecule is CNc1nnc(Cc2ccccc2Cl)n1C. The molecule has 0 fully saturated rings. The first kappa shape index (κ1) is 11.0. The lowest BCUT2D eigenvalue weighted by molar-refractivity contribution is 0.825. The van der Waals surface area contributed by atoms with Crippen molar-refractivity contribution in [2.24, 2.45) is 7.05 Å². The number of anilines is 1. The average Bonchev–Trinajstić information content (AvgIpc) is 2.63. The Bertz CT molecular complexity index is 492. The van der Waals surface area contributed by atoms with Gasteiger partial charge in [-0.25, -0.2) is 0 Å². The third-order valence-corrected chi connectivity index (χ3v) is 2.86. The summed E-state index contributed by atoms with van der Waals surface area (Å²) in [5.41, 5.74) is 1.06. The molecule has 2 rings (SSSR count). The molecule has 0 aliphatic carbocycles. The van der Waals surface area contributed by atoms with Crippen molar-refractivity contribution in [2.45, 2.75) is 6.42 Å². The van der Waals surface area contributed by atoms with Gasteiger partial charge in [0, 0.05) is 25.5 Å². The fourth-order valence-corrected chi connectivity index (χ4v) is 1.75. The molecule has 4 nitrogen and oxygen atoms in total. The van der Waals surface area contributed by atoms with Gasteiger partial charge in [0.15, 0.2) is 0 Å². The molecule has 0 saturated carbocycles. The molecule has 5 heteroatoms. The van der Waals surface area contributed by atoms with Crippen LogP contribution in [0.15, 0.2) is 24.3 Å². The van der Waals surface area contributed by atoms with Gasteiger partial charge in [-0.15, -0.1) is 10.2 Å². The molecule has 1 aromatic carbocycles. The summed E-state index contributed by atoms with van der Waals surface area (Å²) in [5.74, 6) is 1.64. The first-order chi connectivity index (χ1) is 7.72. The summed E-state index contributed by atoms with van der Waals surface area (Å²) in [7, 11) is 3.75. The van der Waals surface area contributed by atoms with Gasteiger partial charge in [-0.05, 0) is 11.6 Å². The summed E-state index contributed by atoms with van der Waals surface area (Å²) in [6, 6.07) is 7.76. The van der Waals surface area contributed by atoms with E-state index >= 15 is 0 Å². The fraction of sp³-hybridized carbons (Fsp3) is 0.273. The van der Waals surface area contributed by atoms with Crippen LogP contribution >= 0.6 is 11.6 Å². The van der Waals surface area contributed by atoms with E-state index in [2.05, 4.69) is 15.5 Å². The zero-order chi connectivity index (χ0) is 11.5. The Kier molecular flexibility index (Phi) is 3.10. The standard InChI is InChI=1S/C11H13ClN4/c1-13-11-15-14-10(16(11)2)7-8-5-3-4-6-9(8)12/h3-6H,7H2,1-2H3,(H,13,15). The maximum atomic E-state index is 6.09. The Labute approximate surface area is 99.3 Å². The minimum absolute atomic E-state index is 0.685. The Balaban J connectivity index is 2.27. The normalized spacial score (nSPS) is 10.4. The topological polar surface area (TPSA) is 42.7 Å². The molecule has 0 saturated heterocycles. The molecular weight excluding hydrogens is 224 g/mol. The monoisotopic (exact) mass is 236 g/mol. The van der Waals surface area contributed by atoms with Gasteiger partial charge in [0.25, 0.3) is 0 Å². The van der Waals surface area contributed by atoms with Crippen LogP contribution in [0.5, 0.6) is 0 Å². The summed E-state index contributed by atoms with van der Waals surface area (Å²) < 4.78 is 1.92. The van der Waals surface area contributed by atoms with Gasteiger partial charge in [0.1, 0.15) is 5.82 Å². The number of hydrogen-bond acceptors (Lipinski definition) is 3. The van der Waals surface area contributed by atoms with Crippen molar-refractivity contribution in [3.8, 4) is 0 Å². The highest BCUT2D eigenvalue weighted by atomic mass is 35.5. The zero-order valence-corrected chi connectivity index (χ0v) is 9.99. The van der Waals surface area contributed by atoms with Gasteiger partial charge in [-0.1, -0.05) is 29.8 Å². The van der Waals surface area contributed by atoms with E-state index in [1.807, 2.05) is 42.9 Å². The number of hydrogen-bond donors (Lipinski definition) is 1. The molecule has 0 bridgehead atoms. The van der Waals surface area contributed by atoms with Crippen LogP contribution in [0.1, 0.15) is 11.4 Å². The molecule has 1 heterocycles. The third-order valence-electron chi connectivity index (χ3n) is 2.50. The van der Waals surface area contributed by atoms with Crippen LogP contribution in [0.2, 0.25) is 5.02 Å². The number of aromatic nitrogens is 3. The number of halogens is 1. The molecule has 2 aromatic rings. The van der Waals surface area contributed by atoms with E-state index in [0.29, 0.717) is 6.42 Å². The quantitative estimate of drug-likeness (QED) is 0.888. The molecule has 0 aliphatic heterocycles. The smallest absolute Gasteiger partial charge is 0.224 e. The van der Waals surface area contributed by atoms with E-state index in [1.54, 1.807) is 0 Å². The molecular formula is C11H13ClN4. The minimum atomic E-state index is 0.685. The second-order valence-electron chi connectivity index (χ2n) is 3.52. The summed E-state index contributed by atoms with van der Waals surface area (Å²) in [5, 5.41) is 11.9. The van der Waals surface area contributed by atoms with Crippen molar-refractivity contribution in [3.05, 3.63) is 40.7 Å². The average molecular weight is 237 g/mol. The maximum Gasteiger partial charge on any atom is 0.224 e. The molecule has 0 amide bonds. The molecule has 84 valence electrons. The lowest BCUT2D eigenvalue weighted by atomic mass is 10.1. The fourth-order valence-electron chi connectivity index (χ4n) is 1.55. The predicted octanol–water partition coefficient (Wildman–Crippen LogP) is 2.10. The molecule has 0 unspecified atom stereocenters.